The maximum atomic E-state index is 13.9. The fourth-order valence-corrected chi connectivity index (χ4v) is 3.57. The van der Waals surface area contributed by atoms with Crippen molar-refractivity contribution in [1.29, 1.82) is 0 Å². The Morgan fingerprint density at radius 2 is 1.78 bits per heavy atom. The van der Waals surface area contributed by atoms with Gasteiger partial charge in [0, 0.05) is 6.54 Å². The molecule has 0 radical (unpaired) electrons. The van der Waals surface area contributed by atoms with Gasteiger partial charge in [0.25, 0.3) is 0 Å². The second kappa shape index (κ2) is 10.7. The van der Waals surface area contributed by atoms with Gasteiger partial charge in [-0.25, -0.2) is 8.78 Å². The van der Waals surface area contributed by atoms with Crippen LogP contribution in [0.5, 0.6) is 0 Å². The molecular formula is C22H21F2N5O2S. The van der Waals surface area contributed by atoms with Crippen LogP contribution in [0.3, 0.4) is 0 Å². The lowest BCUT2D eigenvalue weighted by Crippen LogP contribution is -2.19. The van der Waals surface area contributed by atoms with Gasteiger partial charge in [-0.15, -0.1) is 16.8 Å². The van der Waals surface area contributed by atoms with Crippen LogP contribution < -0.4 is 10.6 Å². The smallest absolute Gasteiger partial charge is 0.234 e. The number of aryl methyl sites for hydroxylation is 1. The Balaban J connectivity index is 1.63. The number of nitrogens with one attached hydrogen (secondary N) is 2. The third-order valence-corrected chi connectivity index (χ3v) is 5.27. The first-order chi connectivity index (χ1) is 15.4. The predicted molar refractivity (Wildman–Crippen MR) is 119 cm³/mol. The van der Waals surface area contributed by atoms with E-state index >= 15 is 0 Å². The summed E-state index contributed by atoms with van der Waals surface area (Å²) in [7, 11) is 0. The molecule has 0 aliphatic rings. The molecule has 0 aliphatic carbocycles. The molecule has 0 fully saturated rings. The highest BCUT2D eigenvalue weighted by molar-refractivity contribution is 7.99. The van der Waals surface area contributed by atoms with Gasteiger partial charge >= 0.3 is 0 Å². The summed E-state index contributed by atoms with van der Waals surface area (Å²) in [6, 6.07) is 10.4. The van der Waals surface area contributed by atoms with E-state index < -0.39 is 23.4 Å². The van der Waals surface area contributed by atoms with E-state index in [0.717, 1.165) is 17.3 Å². The van der Waals surface area contributed by atoms with Gasteiger partial charge < -0.3 is 15.2 Å². The SMILES string of the molecule is C=CCn1c(CC(=O)Nc2ccccc2F)nnc1SCC(=O)Nc1ccc(C)cc1F. The number of carbonyl (C=O) groups is 2. The van der Waals surface area contributed by atoms with Crippen molar-refractivity contribution in [1.82, 2.24) is 14.8 Å². The molecule has 3 rings (SSSR count). The van der Waals surface area contributed by atoms with Crippen molar-refractivity contribution in [2.24, 2.45) is 0 Å². The molecule has 0 atom stereocenters. The van der Waals surface area contributed by atoms with Crippen LogP contribution in [0.15, 0.2) is 60.3 Å². The first-order valence-corrected chi connectivity index (χ1v) is 10.6. The minimum Gasteiger partial charge on any atom is -0.323 e. The maximum absolute atomic E-state index is 13.9. The minimum absolute atomic E-state index is 0.0377. The van der Waals surface area contributed by atoms with E-state index in [9.17, 15) is 18.4 Å². The number of carbonyl (C=O) groups excluding carboxylic acids is 2. The normalized spacial score (nSPS) is 10.6. The van der Waals surface area contributed by atoms with E-state index in [1.54, 1.807) is 29.7 Å². The van der Waals surface area contributed by atoms with Crippen LogP contribution >= 0.6 is 11.8 Å². The molecule has 0 bridgehead atoms. The molecule has 2 aromatic carbocycles. The van der Waals surface area contributed by atoms with Gasteiger partial charge in [-0.3, -0.25) is 9.59 Å². The summed E-state index contributed by atoms with van der Waals surface area (Å²) in [6.45, 7) is 5.75. The molecule has 3 aromatic rings. The largest absolute Gasteiger partial charge is 0.323 e. The Hall–Kier alpha value is -3.53. The molecule has 1 aromatic heterocycles. The Morgan fingerprint density at radius 1 is 1.06 bits per heavy atom. The Kier molecular flexibility index (Phi) is 7.72. The van der Waals surface area contributed by atoms with Crippen LogP contribution in [0.25, 0.3) is 0 Å². The summed E-state index contributed by atoms with van der Waals surface area (Å²) >= 11 is 1.09. The zero-order valence-electron chi connectivity index (χ0n) is 17.3. The number of hydrogen-bond acceptors (Lipinski definition) is 5. The van der Waals surface area contributed by atoms with E-state index in [1.165, 1.54) is 30.3 Å². The summed E-state index contributed by atoms with van der Waals surface area (Å²) in [4.78, 5) is 24.6. The minimum atomic E-state index is -0.541. The van der Waals surface area contributed by atoms with Crippen molar-refractivity contribution in [3.63, 3.8) is 0 Å². The van der Waals surface area contributed by atoms with Crippen LogP contribution in [-0.4, -0.2) is 32.3 Å². The number of thioether (sulfide) groups is 1. The van der Waals surface area contributed by atoms with Gasteiger partial charge in [0.15, 0.2) is 5.16 Å². The van der Waals surface area contributed by atoms with Crippen LogP contribution in [0.2, 0.25) is 0 Å². The molecule has 32 heavy (non-hydrogen) atoms. The average molecular weight is 458 g/mol. The third-order valence-electron chi connectivity index (χ3n) is 4.30. The summed E-state index contributed by atoms with van der Waals surface area (Å²) in [6.07, 6.45) is 1.46. The van der Waals surface area contributed by atoms with E-state index in [4.69, 9.17) is 0 Å². The number of halogens is 2. The van der Waals surface area contributed by atoms with Gasteiger partial charge in [-0.1, -0.05) is 36.0 Å². The molecule has 2 amide bonds. The molecule has 1 heterocycles. The van der Waals surface area contributed by atoms with Crippen molar-refractivity contribution < 1.29 is 18.4 Å². The Labute approximate surface area is 187 Å². The van der Waals surface area contributed by atoms with Crippen LogP contribution in [0, 0.1) is 18.6 Å². The first kappa shape index (κ1) is 23.1. The predicted octanol–water partition coefficient (Wildman–Crippen LogP) is 3.96. The Bertz CT molecular complexity index is 1150. The molecule has 7 nitrogen and oxygen atoms in total. The van der Waals surface area contributed by atoms with Crippen molar-refractivity contribution in [3.8, 4) is 0 Å². The van der Waals surface area contributed by atoms with Crippen molar-refractivity contribution in [2.75, 3.05) is 16.4 Å². The number of hydrogen-bond donors (Lipinski definition) is 2. The number of amides is 2. The second-order valence-electron chi connectivity index (χ2n) is 6.82. The highest BCUT2D eigenvalue weighted by atomic mass is 32.2. The highest BCUT2D eigenvalue weighted by Gasteiger charge is 2.17. The summed E-state index contributed by atoms with van der Waals surface area (Å²) in [5.41, 5.74) is 0.917. The average Bonchev–Trinajstić information content (AvgIpc) is 3.12. The fourth-order valence-electron chi connectivity index (χ4n) is 2.81. The van der Waals surface area contributed by atoms with Crippen LogP contribution in [0.1, 0.15) is 11.4 Å². The van der Waals surface area contributed by atoms with Crippen LogP contribution in [0.4, 0.5) is 20.2 Å². The van der Waals surface area contributed by atoms with E-state index in [-0.39, 0.29) is 23.5 Å². The molecule has 166 valence electrons. The highest BCUT2D eigenvalue weighted by Crippen LogP contribution is 2.20. The Morgan fingerprint density at radius 3 is 2.50 bits per heavy atom. The first-order valence-electron chi connectivity index (χ1n) is 9.63. The summed E-state index contributed by atoms with van der Waals surface area (Å²) in [5, 5.41) is 13.5. The molecule has 0 aliphatic heterocycles. The van der Waals surface area contributed by atoms with Gasteiger partial charge in [0.2, 0.25) is 11.8 Å². The lowest BCUT2D eigenvalue weighted by atomic mass is 10.2. The lowest BCUT2D eigenvalue weighted by Gasteiger charge is -2.09. The maximum Gasteiger partial charge on any atom is 0.234 e. The molecule has 0 spiro atoms. The van der Waals surface area contributed by atoms with Crippen molar-refractivity contribution >= 4 is 35.0 Å². The fraction of sp³-hybridized carbons (Fsp3) is 0.182. The quantitative estimate of drug-likeness (QED) is 0.375. The summed E-state index contributed by atoms with van der Waals surface area (Å²) < 4.78 is 29.3. The van der Waals surface area contributed by atoms with Gasteiger partial charge in [0.1, 0.15) is 17.5 Å². The van der Waals surface area contributed by atoms with Gasteiger partial charge in [-0.05, 0) is 36.8 Å². The number of anilines is 2. The molecule has 0 saturated carbocycles. The number of rotatable bonds is 9. The number of allylic oxidation sites excluding steroid dienone is 1. The molecule has 2 N–H and O–H groups in total. The standard InChI is InChI=1S/C22H21F2N5O2S/c1-3-10-29-19(12-20(30)25-17-7-5-4-6-15(17)23)27-28-22(29)32-13-21(31)26-18-9-8-14(2)11-16(18)24/h3-9,11H,1,10,12-13H2,2H3,(H,25,30)(H,26,31). The number of benzene rings is 2. The lowest BCUT2D eigenvalue weighted by molar-refractivity contribution is -0.116. The van der Waals surface area contributed by atoms with Crippen molar-refractivity contribution in [2.45, 2.75) is 25.0 Å². The van der Waals surface area contributed by atoms with E-state index in [0.29, 0.717) is 17.5 Å². The molecule has 0 saturated heterocycles. The second-order valence-corrected chi connectivity index (χ2v) is 7.77. The number of nitrogens with zero attached hydrogens (tertiary/aromatic N) is 3. The summed E-state index contributed by atoms with van der Waals surface area (Å²) in [5.74, 6) is -1.63. The molecule has 0 unspecified atom stereocenters. The van der Waals surface area contributed by atoms with E-state index in [1.807, 2.05) is 0 Å². The molecular weight excluding hydrogens is 436 g/mol. The molecule has 10 heteroatoms. The zero-order chi connectivity index (χ0) is 23.1. The van der Waals surface area contributed by atoms with E-state index in [2.05, 4.69) is 27.4 Å². The zero-order valence-corrected chi connectivity index (χ0v) is 18.1. The number of para-hydroxylation sites is 1. The third kappa shape index (κ3) is 6.01. The van der Waals surface area contributed by atoms with Crippen LogP contribution in [-0.2, 0) is 22.6 Å². The monoisotopic (exact) mass is 457 g/mol. The number of aromatic nitrogens is 3. The van der Waals surface area contributed by atoms with Crippen molar-refractivity contribution in [3.05, 3.63) is 78.1 Å². The van der Waals surface area contributed by atoms with Gasteiger partial charge in [-0.2, -0.15) is 0 Å². The topological polar surface area (TPSA) is 88.9 Å². The van der Waals surface area contributed by atoms with Gasteiger partial charge in [0.05, 0.1) is 23.5 Å².